The number of carbonyl (C=O) groups excluding carboxylic acids is 1. The maximum Gasteiger partial charge on any atom is 0.317 e. The molecule has 1 aliphatic rings. The van der Waals surface area contributed by atoms with Crippen molar-refractivity contribution in [1.29, 1.82) is 0 Å². The molecule has 1 aromatic rings. The molecular formula is C13H17ClN2O2. The van der Waals surface area contributed by atoms with Crippen molar-refractivity contribution in [3.05, 3.63) is 29.3 Å². The number of hydrogen-bond donors (Lipinski definition) is 1. The van der Waals surface area contributed by atoms with E-state index >= 15 is 0 Å². The number of urea groups is 1. The van der Waals surface area contributed by atoms with Gasteiger partial charge in [0.1, 0.15) is 11.9 Å². The number of ether oxygens (including phenoxy) is 1. The lowest BCUT2D eigenvalue weighted by Crippen LogP contribution is -2.45. The highest BCUT2D eigenvalue weighted by Crippen LogP contribution is 2.20. The number of carbonyl (C=O) groups is 1. The fraction of sp³-hybridized carbons (Fsp3) is 0.462. The third-order valence-corrected chi connectivity index (χ3v) is 3.31. The normalized spacial score (nSPS) is 16.4. The standard InChI is InChI=1S/C13H17ClN2O2/c1-15-13(17)16-8-6-12(7-9-16)18-11-4-2-10(14)3-5-11/h2-5,12H,6-9H2,1H3,(H,15,17). The van der Waals surface area contributed by atoms with Gasteiger partial charge >= 0.3 is 6.03 Å². The predicted molar refractivity (Wildman–Crippen MR) is 71.1 cm³/mol. The number of likely N-dealkylation sites (tertiary alicyclic amines) is 1. The van der Waals surface area contributed by atoms with Gasteiger partial charge in [0.05, 0.1) is 0 Å². The number of nitrogens with one attached hydrogen (secondary N) is 1. The predicted octanol–water partition coefficient (Wildman–Crippen LogP) is 2.52. The maximum atomic E-state index is 11.4. The Morgan fingerprint density at radius 2 is 1.94 bits per heavy atom. The lowest BCUT2D eigenvalue weighted by molar-refractivity contribution is 0.112. The van der Waals surface area contributed by atoms with E-state index in [-0.39, 0.29) is 12.1 Å². The molecule has 2 amide bonds. The maximum absolute atomic E-state index is 11.4. The minimum absolute atomic E-state index is 0.0139. The summed E-state index contributed by atoms with van der Waals surface area (Å²) < 4.78 is 5.85. The number of halogens is 1. The Morgan fingerprint density at radius 3 is 2.50 bits per heavy atom. The van der Waals surface area contributed by atoms with Crippen LogP contribution in [0.4, 0.5) is 4.79 Å². The van der Waals surface area contributed by atoms with Crippen LogP contribution in [0.3, 0.4) is 0 Å². The summed E-state index contributed by atoms with van der Waals surface area (Å²) in [6.45, 7) is 1.47. The van der Waals surface area contributed by atoms with E-state index in [1.165, 1.54) is 0 Å². The molecule has 5 heteroatoms. The molecule has 1 aromatic carbocycles. The summed E-state index contributed by atoms with van der Waals surface area (Å²) in [4.78, 5) is 13.2. The Morgan fingerprint density at radius 1 is 1.33 bits per heavy atom. The van der Waals surface area contributed by atoms with Gasteiger partial charge in [-0.3, -0.25) is 0 Å². The molecule has 0 spiro atoms. The van der Waals surface area contributed by atoms with Crippen LogP contribution in [0.1, 0.15) is 12.8 Å². The highest BCUT2D eigenvalue weighted by Gasteiger charge is 2.23. The summed E-state index contributed by atoms with van der Waals surface area (Å²) in [6.07, 6.45) is 1.89. The Balaban J connectivity index is 1.83. The van der Waals surface area contributed by atoms with Gasteiger partial charge in [-0.25, -0.2) is 4.79 Å². The minimum Gasteiger partial charge on any atom is -0.490 e. The third kappa shape index (κ3) is 3.29. The molecule has 98 valence electrons. The number of hydrogen-bond acceptors (Lipinski definition) is 2. The fourth-order valence-electron chi connectivity index (χ4n) is 2.04. The number of rotatable bonds is 2. The van der Waals surface area contributed by atoms with E-state index in [9.17, 15) is 4.79 Å². The first-order chi connectivity index (χ1) is 8.69. The van der Waals surface area contributed by atoms with Gasteiger partial charge in [0.15, 0.2) is 0 Å². The summed E-state index contributed by atoms with van der Waals surface area (Å²) in [5, 5.41) is 3.34. The van der Waals surface area contributed by atoms with Crippen molar-refractivity contribution in [2.75, 3.05) is 20.1 Å². The summed E-state index contributed by atoms with van der Waals surface area (Å²) >= 11 is 5.82. The van der Waals surface area contributed by atoms with Crippen molar-refractivity contribution in [3.8, 4) is 5.75 Å². The van der Waals surface area contributed by atoms with Gasteiger partial charge in [0, 0.05) is 38.0 Å². The third-order valence-electron chi connectivity index (χ3n) is 3.06. The van der Waals surface area contributed by atoms with E-state index in [1.54, 1.807) is 7.05 Å². The molecule has 4 nitrogen and oxygen atoms in total. The van der Waals surface area contributed by atoms with Crippen LogP contribution in [-0.2, 0) is 0 Å². The van der Waals surface area contributed by atoms with E-state index in [4.69, 9.17) is 16.3 Å². The second kappa shape index (κ2) is 5.96. The van der Waals surface area contributed by atoms with Gasteiger partial charge in [-0.15, -0.1) is 0 Å². The van der Waals surface area contributed by atoms with Crippen LogP contribution in [0.15, 0.2) is 24.3 Å². The largest absolute Gasteiger partial charge is 0.490 e. The molecular weight excluding hydrogens is 252 g/mol. The van der Waals surface area contributed by atoms with Gasteiger partial charge in [0.2, 0.25) is 0 Å². The molecule has 18 heavy (non-hydrogen) atoms. The van der Waals surface area contributed by atoms with E-state index in [2.05, 4.69) is 5.32 Å². The van der Waals surface area contributed by atoms with Crippen molar-refractivity contribution in [2.24, 2.45) is 0 Å². The molecule has 0 radical (unpaired) electrons. The lowest BCUT2D eigenvalue weighted by Gasteiger charge is -2.31. The number of benzene rings is 1. The van der Waals surface area contributed by atoms with Crippen LogP contribution in [0.2, 0.25) is 5.02 Å². The Kier molecular flexibility index (Phi) is 4.31. The van der Waals surface area contributed by atoms with Gasteiger partial charge in [-0.1, -0.05) is 11.6 Å². The van der Waals surface area contributed by atoms with Crippen LogP contribution >= 0.6 is 11.6 Å². The first kappa shape index (κ1) is 13.0. The van der Waals surface area contributed by atoms with Crippen molar-refractivity contribution in [1.82, 2.24) is 10.2 Å². The quantitative estimate of drug-likeness (QED) is 0.896. The Bertz CT molecular complexity index is 400. The summed E-state index contributed by atoms with van der Waals surface area (Å²) in [5.74, 6) is 0.831. The lowest BCUT2D eigenvalue weighted by atomic mass is 10.1. The molecule has 1 aliphatic heterocycles. The Labute approximate surface area is 112 Å². The van der Waals surface area contributed by atoms with Crippen molar-refractivity contribution in [3.63, 3.8) is 0 Å². The van der Waals surface area contributed by atoms with E-state index in [0.717, 1.165) is 31.7 Å². The smallest absolute Gasteiger partial charge is 0.317 e. The first-order valence-electron chi connectivity index (χ1n) is 6.08. The highest BCUT2D eigenvalue weighted by molar-refractivity contribution is 6.30. The topological polar surface area (TPSA) is 41.6 Å². The number of amides is 2. The molecule has 0 bridgehead atoms. The molecule has 1 saturated heterocycles. The molecule has 2 rings (SSSR count). The molecule has 0 unspecified atom stereocenters. The van der Waals surface area contributed by atoms with Crippen LogP contribution in [0, 0.1) is 0 Å². The molecule has 0 saturated carbocycles. The van der Waals surface area contributed by atoms with Crippen LogP contribution < -0.4 is 10.1 Å². The van der Waals surface area contributed by atoms with Crippen molar-refractivity contribution < 1.29 is 9.53 Å². The van der Waals surface area contributed by atoms with E-state index < -0.39 is 0 Å². The average Bonchev–Trinajstić information content (AvgIpc) is 2.41. The van der Waals surface area contributed by atoms with Gasteiger partial charge in [-0.05, 0) is 24.3 Å². The average molecular weight is 269 g/mol. The molecule has 1 fully saturated rings. The van der Waals surface area contributed by atoms with Crippen LogP contribution in [0.25, 0.3) is 0 Å². The Hall–Kier alpha value is -1.42. The van der Waals surface area contributed by atoms with Crippen molar-refractivity contribution in [2.45, 2.75) is 18.9 Å². The van der Waals surface area contributed by atoms with E-state index in [1.807, 2.05) is 29.2 Å². The monoisotopic (exact) mass is 268 g/mol. The molecule has 0 aromatic heterocycles. The van der Waals surface area contributed by atoms with Crippen LogP contribution in [-0.4, -0.2) is 37.2 Å². The number of nitrogens with zero attached hydrogens (tertiary/aromatic N) is 1. The van der Waals surface area contributed by atoms with Gasteiger partial charge in [-0.2, -0.15) is 0 Å². The van der Waals surface area contributed by atoms with Crippen LogP contribution in [0.5, 0.6) is 5.75 Å². The fourth-order valence-corrected chi connectivity index (χ4v) is 2.17. The second-order valence-electron chi connectivity index (χ2n) is 4.31. The van der Waals surface area contributed by atoms with E-state index in [0.29, 0.717) is 5.02 Å². The first-order valence-corrected chi connectivity index (χ1v) is 6.45. The van der Waals surface area contributed by atoms with Crippen molar-refractivity contribution >= 4 is 17.6 Å². The van der Waals surface area contributed by atoms with Gasteiger partial charge in [0.25, 0.3) is 0 Å². The second-order valence-corrected chi connectivity index (χ2v) is 4.75. The molecule has 0 aliphatic carbocycles. The molecule has 1 heterocycles. The zero-order valence-corrected chi connectivity index (χ0v) is 11.1. The summed E-state index contributed by atoms with van der Waals surface area (Å²) in [5.41, 5.74) is 0. The molecule has 1 N–H and O–H groups in total. The number of piperidine rings is 1. The minimum atomic E-state index is -0.0139. The summed E-state index contributed by atoms with van der Waals surface area (Å²) in [6, 6.07) is 7.36. The zero-order chi connectivity index (χ0) is 13.0. The SMILES string of the molecule is CNC(=O)N1CCC(Oc2ccc(Cl)cc2)CC1. The van der Waals surface area contributed by atoms with Gasteiger partial charge < -0.3 is 15.0 Å². The molecule has 0 atom stereocenters. The summed E-state index contributed by atoms with van der Waals surface area (Å²) in [7, 11) is 1.65. The highest BCUT2D eigenvalue weighted by atomic mass is 35.5. The zero-order valence-electron chi connectivity index (χ0n) is 10.4.